The first-order valence-electron chi connectivity index (χ1n) is 12.5. The summed E-state index contributed by atoms with van der Waals surface area (Å²) in [5.41, 5.74) is 6.43. The zero-order chi connectivity index (χ0) is 27.1. The van der Waals surface area contributed by atoms with Crippen LogP contribution in [0.1, 0.15) is 18.2 Å². The van der Waals surface area contributed by atoms with Crippen LogP contribution in [0, 0.1) is 17.2 Å². The molecule has 192 valence electrons. The Balaban J connectivity index is 1.20. The molecular weight excluding hydrogens is 490 g/mol. The minimum absolute atomic E-state index is 0.0615. The predicted molar refractivity (Wildman–Crippen MR) is 149 cm³/mol. The first kappa shape index (κ1) is 24.1. The standard InChI is InChI=1S/C29H25N9O/c1-18(2)25-5-4-6-26(34-25)35-29(39)23-15-37(16-23)27-8-7-19(11-31-27)24-9-20(22-13-32-36(3)14-22)17-38-28(24)21(10-30)12-33-38/h4-9,11-14,17,23H,1,15-16H2,2-3H3,(H,34,35,39). The fourth-order valence-corrected chi connectivity index (χ4v) is 4.69. The number of carbonyl (C=O) groups is 1. The summed E-state index contributed by atoms with van der Waals surface area (Å²) >= 11 is 0. The highest BCUT2D eigenvalue weighted by Crippen LogP contribution is 2.33. The summed E-state index contributed by atoms with van der Waals surface area (Å²) in [6, 6.07) is 13.7. The van der Waals surface area contributed by atoms with E-state index in [1.165, 1.54) is 0 Å². The monoisotopic (exact) mass is 515 g/mol. The summed E-state index contributed by atoms with van der Waals surface area (Å²) in [6.45, 7) is 6.93. The van der Waals surface area contributed by atoms with Gasteiger partial charge in [0.1, 0.15) is 17.7 Å². The largest absolute Gasteiger partial charge is 0.355 e. The van der Waals surface area contributed by atoms with E-state index in [1.807, 2.05) is 56.7 Å². The van der Waals surface area contributed by atoms with Crippen molar-refractivity contribution < 1.29 is 4.79 Å². The van der Waals surface area contributed by atoms with E-state index >= 15 is 0 Å². The number of hydrogen-bond donors (Lipinski definition) is 1. The van der Waals surface area contributed by atoms with Gasteiger partial charge in [-0.05, 0) is 42.8 Å². The number of allylic oxidation sites excluding steroid dienone is 1. The Morgan fingerprint density at radius 2 is 1.92 bits per heavy atom. The highest BCUT2D eigenvalue weighted by atomic mass is 16.2. The fraction of sp³-hybridized carbons (Fsp3) is 0.172. The average Bonchev–Trinajstić information content (AvgIpc) is 3.54. The number of nitriles is 1. The van der Waals surface area contributed by atoms with Crippen LogP contribution < -0.4 is 10.2 Å². The van der Waals surface area contributed by atoms with Crippen molar-refractivity contribution in [3.63, 3.8) is 0 Å². The third-order valence-electron chi connectivity index (χ3n) is 6.84. The second-order valence-electron chi connectivity index (χ2n) is 9.69. The number of nitrogens with one attached hydrogen (secondary N) is 1. The number of nitrogens with zero attached hydrogens (tertiary/aromatic N) is 8. The summed E-state index contributed by atoms with van der Waals surface area (Å²) < 4.78 is 3.47. The van der Waals surface area contributed by atoms with Crippen molar-refractivity contribution in [2.45, 2.75) is 6.92 Å². The number of rotatable bonds is 6. The van der Waals surface area contributed by atoms with Crippen LogP contribution >= 0.6 is 0 Å². The average molecular weight is 516 g/mol. The molecule has 1 saturated heterocycles. The molecule has 0 aromatic carbocycles. The van der Waals surface area contributed by atoms with Gasteiger partial charge < -0.3 is 10.2 Å². The molecule has 0 unspecified atom stereocenters. The highest BCUT2D eigenvalue weighted by Gasteiger charge is 2.33. The van der Waals surface area contributed by atoms with Crippen LogP contribution in [0.25, 0.3) is 33.3 Å². The molecule has 1 N–H and O–H groups in total. The molecule has 0 atom stereocenters. The van der Waals surface area contributed by atoms with Crippen LogP contribution in [0.4, 0.5) is 11.6 Å². The molecule has 1 fully saturated rings. The molecular formula is C29H25N9O. The Morgan fingerprint density at radius 3 is 2.62 bits per heavy atom. The molecule has 39 heavy (non-hydrogen) atoms. The molecule has 5 aromatic heterocycles. The van der Waals surface area contributed by atoms with E-state index in [2.05, 4.69) is 43.0 Å². The van der Waals surface area contributed by atoms with Crippen molar-refractivity contribution in [3.8, 4) is 28.3 Å². The van der Waals surface area contributed by atoms with Gasteiger partial charge in [0.2, 0.25) is 5.91 Å². The predicted octanol–water partition coefficient (Wildman–Crippen LogP) is 4.17. The molecule has 0 saturated carbocycles. The van der Waals surface area contributed by atoms with Gasteiger partial charge in [-0.1, -0.05) is 12.6 Å². The molecule has 0 aliphatic carbocycles. The van der Waals surface area contributed by atoms with Gasteiger partial charge >= 0.3 is 0 Å². The molecule has 10 heteroatoms. The van der Waals surface area contributed by atoms with Gasteiger partial charge in [0.25, 0.3) is 0 Å². The molecule has 6 heterocycles. The lowest BCUT2D eigenvalue weighted by Crippen LogP contribution is -2.52. The van der Waals surface area contributed by atoms with E-state index in [9.17, 15) is 10.1 Å². The summed E-state index contributed by atoms with van der Waals surface area (Å²) in [5, 5.41) is 21.2. The van der Waals surface area contributed by atoms with Gasteiger partial charge in [0, 0.05) is 61.0 Å². The van der Waals surface area contributed by atoms with Crippen molar-refractivity contribution in [2.75, 3.05) is 23.3 Å². The van der Waals surface area contributed by atoms with Gasteiger partial charge in [-0.2, -0.15) is 15.5 Å². The number of fused-ring (bicyclic) bond motifs is 1. The summed E-state index contributed by atoms with van der Waals surface area (Å²) in [6.07, 6.45) is 9.00. The normalized spacial score (nSPS) is 13.2. The summed E-state index contributed by atoms with van der Waals surface area (Å²) in [4.78, 5) is 23.9. The maximum atomic E-state index is 12.7. The molecule has 10 nitrogen and oxygen atoms in total. The van der Waals surface area contributed by atoms with Crippen molar-refractivity contribution >= 4 is 28.6 Å². The second kappa shape index (κ2) is 9.54. The van der Waals surface area contributed by atoms with E-state index in [1.54, 1.807) is 33.9 Å². The van der Waals surface area contributed by atoms with Crippen molar-refractivity contribution in [3.05, 3.63) is 85.2 Å². The number of carbonyl (C=O) groups excluding carboxylic acids is 1. The number of pyridine rings is 3. The second-order valence-corrected chi connectivity index (χ2v) is 9.69. The molecule has 0 bridgehead atoms. The Bertz CT molecular complexity index is 1770. The number of aryl methyl sites for hydroxylation is 1. The minimum atomic E-state index is -0.150. The Hall–Kier alpha value is -5.30. The van der Waals surface area contributed by atoms with Gasteiger partial charge in [0.15, 0.2) is 0 Å². The number of hydrogen-bond acceptors (Lipinski definition) is 7. The van der Waals surface area contributed by atoms with Crippen LogP contribution in [0.15, 0.2) is 74.0 Å². The zero-order valence-electron chi connectivity index (χ0n) is 21.5. The quantitative estimate of drug-likeness (QED) is 0.361. The molecule has 1 aliphatic rings. The van der Waals surface area contributed by atoms with E-state index in [-0.39, 0.29) is 11.8 Å². The first-order valence-corrected chi connectivity index (χ1v) is 12.5. The number of anilines is 2. The molecule has 1 aliphatic heterocycles. The molecule has 6 rings (SSSR count). The lowest BCUT2D eigenvalue weighted by molar-refractivity contribution is -0.120. The molecule has 5 aromatic rings. The number of amides is 1. The highest BCUT2D eigenvalue weighted by molar-refractivity contribution is 5.94. The lowest BCUT2D eigenvalue weighted by atomic mass is 9.98. The van der Waals surface area contributed by atoms with E-state index in [0.29, 0.717) is 24.5 Å². The third kappa shape index (κ3) is 4.51. The Morgan fingerprint density at radius 1 is 1.08 bits per heavy atom. The van der Waals surface area contributed by atoms with Gasteiger partial charge in [0.05, 0.1) is 35.1 Å². The van der Waals surface area contributed by atoms with Crippen molar-refractivity contribution in [1.82, 2.24) is 29.4 Å². The zero-order valence-corrected chi connectivity index (χ0v) is 21.5. The SMILES string of the molecule is C=C(C)c1cccc(NC(=O)C2CN(c3ccc(-c4cc(-c5cnn(C)c5)cn5ncc(C#N)c45)cn3)C2)n1. The Kier molecular flexibility index (Phi) is 5.88. The number of aromatic nitrogens is 6. The van der Waals surface area contributed by atoms with Gasteiger partial charge in [-0.25, -0.2) is 14.5 Å². The van der Waals surface area contributed by atoms with Crippen molar-refractivity contribution in [1.29, 1.82) is 5.26 Å². The fourth-order valence-electron chi connectivity index (χ4n) is 4.69. The van der Waals surface area contributed by atoms with E-state index in [0.717, 1.165) is 44.9 Å². The molecule has 0 radical (unpaired) electrons. The first-order chi connectivity index (χ1) is 18.9. The van der Waals surface area contributed by atoms with E-state index in [4.69, 9.17) is 0 Å². The lowest BCUT2D eigenvalue weighted by Gasteiger charge is -2.39. The topological polar surface area (TPSA) is 117 Å². The van der Waals surface area contributed by atoms with Crippen LogP contribution in [0.2, 0.25) is 0 Å². The van der Waals surface area contributed by atoms with Gasteiger partial charge in [-0.15, -0.1) is 0 Å². The minimum Gasteiger partial charge on any atom is -0.355 e. The van der Waals surface area contributed by atoms with Crippen LogP contribution in [-0.4, -0.2) is 48.4 Å². The maximum absolute atomic E-state index is 12.7. The summed E-state index contributed by atoms with van der Waals surface area (Å²) in [5.74, 6) is 1.10. The van der Waals surface area contributed by atoms with E-state index < -0.39 is 0 Å². The van der Waals surface area contributed by atoms with Crippen molar-refractivity contribution in [2.24, 2.45) is 13.0 Å². The molecule has 1 amide bonds. The smallest absolute Gasteiger partial charge is 0.232 e. The van der Waals surface area contributed by atoms with Crippen LogP contribution in [0.3, 0.4) is 0 Å². The van der Waals surface area contributed by atoms with Crippen LogP contribution in [0.5, 0.6) is 0 Å². The van der Waals surface area contributed by atoms with Crippen LogP contribution in [-0.2, 0) is 11.8 Å². The van der Waals surface area contributed by atoms with Gasteiger partial charge in [-0.3, -0.25) is 9.48 Å². The maximum Gasteiger partial charge on any atom is 0.232 e. The summed E-state index contributed by atoms with van der Waals surface area (Å²) in [7, 11) is 1.87. The Labute approximate surface area is 224 Å². The third-order valence-corrected chi connectivity index (χ3v) is 6.84. The molecule has 0 spiro atoms.